The average molecular weight is 403 g/mol. The van der Waals surface area contributed by atoms with Gasteiger partial charge in [0, 0.05) is 37.3 Å². The molecule has 0 radical (unpaired) electrons. The largest absolute Gasteiger partial charge is 0.348 e. The smallest absolute Gasteiger partial charge is 0.270 e. The highest BCUT2D eigenvalue weighted by Crippen LogP contribution is 2.51. The van der Waals surface area contributed by atoms with E-state index in [4.69, 9.17) is 0 Å². The van der Waals surface area contributed by atoms with Crippen LogP contribution in [0.4, 0.5) is 18.9 Å². The van der Waals surface area contributed by atoms with Crippen molar-refractivity contribution in [3.05, 3.63) is 60.2 Å². The molecule has 0 bridgehead atoms. The van der Waals surface area contributed by atoms with Crippen LogP contribution < -0.4 is 10.2 Å². The number of carbonyl (C=O) groups excluding carboxylic acids is 2. The van der Waals surface area contributed by atoms with Crippen molar-refractivity contribution in [1.82, 2.24) is 10.3 Å². The molecule has 2 fully saturated rings. The first-order chi connectivity index (χ1) is 13.8. The highest BCUT2D eigenvalue weighted by molar-refractivity contribution is 6.00. The number of anilines is 1. The molecule has 2 aliphatic rings. The zero-order valence-electron chi connectivity index (χ0n) is 15.6. The summed E-state index contributed by atoms with van der Waals surface area (Å²) in [6.07, 6.45) is 0.781. The number of hydrogen-bond acceptors (Lipinski definition) is 3. The Kier molecular flexibility index (Phi) is 4.80. The van der Waals surface area contributed by atoms with Crippen molar-refractivity contribution in [1.29, 1.82) is 0 Å². The summed E-state index contributed by atoms with van der Waals surface area (Å²) >= 11 is 0. The quantitative estimate of drug-likeness (QED) is 0.853. The molecule has 1 saturated heterocycles. The lowest BCUT2D eigenvalue weighted by atomic mass is 9.69. The summed E-state index contributed by atoms with van der Waals surface area (Å²) in [5.74, 6) is -4.45. The van der Waals surface area contributed by atoms with E-state index in [-0.39, 0.29) is 25.1 Å². The van der Waals surface area contributed by atoms with Gasteiger partial charge in [0.15, 0.2) is 0 Å². The van der Waals surface area contributed by atoms with Gasteiger partial charge in [0.2, 0.25) is 5.91 Å². The number of carbonyl (C=O) groups is 2. The van der Waals surface area contributed by atoms with Crippen LogP contribution in [0.2, 0.25) is 0 Å². The SMILES string of the molecule is O=C(NC1CC(F)(F)CC2(CCN(c3ccc(F)cc3)C2=O)C1)c1ccccn1. The lowest BCUT2D eigenvalue weighted by Crippen LogP contribution is -2.52. The maximum atomic E-state index is 14.6. The van der Waals surface area contributed by atoms with Crippen LogP contribution in [0.5, 0.6) is 0 Å². The Labute approximate surface area is 165 Å². The fourth-order valence-electron chi connectivity index (χ4n) is 4.44. The van der Waals surface area contributed by atoms with Gasteiger partial charge in [-0.3, -0.25) is 14.6 Å². The molecule has 1 saturated carbocycles. The second kappa shape index (κ2) is 7.17. The predicted octanol–water partition coefficient (Wildman–Crippen LogP) is 3.56. The molecule has 1 N–H and O–H groups in total. The summed E-state index contributed by atoms with van der Waals surface area (Å²) in [4.78, 5) is 30.9. The van der Waals surface area contributed by atoms with E-state index >= 15 is 0 Å². The molecule has 8 heteroatoms. The zero-order chi connectivity index (χ0) is 20.6. The second-order valence-corrected chi connectivity index (χ2v) is 7.79. The summed E-state index contributed by atoms with van der Waals surface area (Å²) in [6, 6.07) is 9.36. The lowest BCUT2D eigenvalue weighted by molar-refractivity contribution is -0.140. The summed E-state index contributed by atoms with van der Waals surface area (Å²) in [5.41, 5.74) is -0.629. The van der Waals surface area contributed by atoms with Gasteiger partial charge in [0.25, 0.3) is 11.8 Å². The van der Waals surface area contributed by atoms with Gasteiger partial charge in [-0.2, -0.15) is 0 Å². The molecule has 1 spiro atoms. The fourth-order valence-corrected chi connectivity index (χ4v) is 4.44. The van der Waals surface area contributed by atoms with Gasteiger partial charge in [-0.25, -0.2) is 13.2 Å². The van der Waals surface area contributed by atoms with Crippen molar-refractivity contribution in [2.24, 2.45) is 5.41 Å². The number of benzene rings is 1. The molecule has 29 heavy (non-hydrogen) atoms. The number of amides is 2. The van der Waals surface area contributed by atoms with Gasteiger partial charge in [-0.15, -0.1) is 0 Å². The molecule has 1 aliphatic carbocycles. The molecule has 2 aromatic rings. The third-order valence-corrected chi connectivity index (χ3v) is 5.66. The van der Waals surface area contributed by atoms with E-state index in [0.29, 0.717) is 5.69 Å². The average Bonchev–Trinajstić information content (AvgIpc) is 2.97. The Bertz CT molecular complexity index is 921. The molecule has 4 rings (SSSR count). The van der Waals surface area contributed by atoms with Gasteiger partial charge >= 0.3 is 0 Å². The summed E-state index contributed by atoms with van der Waals surface area (Å²) < 4.78 is 42.3. The van der Waals surface area contributed by atoms with Gasteiger partial charge in [-0.1, -0.05) is 6.07 Å². The van der Waals surface area contributed by atoms with E-state index in [2.05, 4.69) is 10.3 Å². The van der Waals surface area contributed by atoms with Gasteiger partial charge in [-0.05, 0) is 49.2 Å². The van der Waals surface area contributed by atoms with Crippen molar-refractivity contribution in [3.8, 4) is 0 Å². The van der Waals surface area contributed by atoms with Gasteiger partial charge in [0.1, 0.15) is 11.5 Å². The highest BCUT2D eigenvalue weighted by Gasteiger charge is 2.57. The Hall–Kier alpha value is -2.90. The molecular weight excluding hydrogens is 383 g/mol. The second-order valence-electron chi connectivity index (χ2n) is 7.79. The zero-order valence-corrected chi connectivity index (χ0v) is 15.6. The monoisotopic (exact) mass is 403 g/mol. The number of nitrogens with one attached hydrogen (secondary N) is 1. The van der Waals surface area contributed by atoms with Crippen LogP contribution >= 0.6 is 0 Å². The maximum absolute atomic E-state index is 14.6. The highest BCUT2D eigenvalue weighted by atomic mass is 19.3. The minimum absolute atomic E-state index is 0.137. The van der Waals surface area contributed by atoms with E-state index in [1.807, 2.05) is 0 Å². The number of hydrogen-bond donors (Lipinski definition) is 1. The first kappa shape index (κ1) is 19.4. The summed E-state index contributed by atoms with van der Waals surface area (Å²) in [6.45, 7) is 0.279. The van der Waals surface area contributed by atoms with Crippen molar-refractivity contribution in [3.63, 3.8) is 0 Å². The first-order valence-electron chi connectivity index (χ1n) is 9.45. The third-order valence-electron chi connectivity index (χ3n) is 5.66. The molecule has 5 nitrogen and oxygen atoms in total. The van der Waals surface area contributed by atoms with E-state index in [1.54, 1.807) is 12.1 Å². The van der Waals surface area contributed by atoms with Crippen LogP contribution in [0.25, 0.3) is 0 Å². The van der Waals surface area contributed by atoms with E-state index in [9.17, 15) is 22.8 Å². The number of nitrogens with zero attached hydrogens (tertiary/aromatic N) is 2. The molecule has 1 aliphatic heterocycles. The lowest BCUT2D eigenvalue weighted by Gasteiger charge is -2.40. The minimum atomic E-state index is -3.07. The molecule has 1 aromatic heterocycles. The molecular formula is C21H20F3N3O2. The Morgan fingerprint density at radius 3 is 2.59 bits per heavy atom. The Morgan fingerprint density at radius 2 is 1.90 bits per heavy atom. The standard InChI is InChI=1S/C21H20F3N3O2/c22-14-4-6-16(7-5-14)27-10-8-20(19(27)29)11-15(12-21(23,24)13-20)26-18(28)17-3-1-2-9-25-17/h1-7,9,15H,8,10-13H2,(H,26,28). The summed E-state index contributed by atoms with van der Waals surface area (Å²) in [5, 5.41) is 2.62. The Balaban J connectivity index is 1.54. The number of rotatable bonds is 3. The van der Waals surface area contributed by atoms with Crippen LogP contribution in [-0.4, -0.2) is 35.3 Å². The molecule has 152 valence electrons. The predicted molar refractivity (Wildman–Crippen MR) is 100 cm³/mol. The number of pyridine rings is 1. The van der Waals surface area contributed by atoms with Crippen molar-refractivity contribution in [2.75, 3.05) is 11.4 Å². The van der Waals surface area contributed by atoms with Crippen molar-refractivity contribution in [2.45, 2.75) is 37.6 Å². The molecule has 2 atom stereocenters. The molecule has 2 heterocycles. The van der Waals surface area contributed by atoms with E-state index in [1.165, 1.54) is 41.4 Å². The van der Waals surface area contributed by atoms with Crippen LogP contribution in [0, 0.1) is 11.2 Å². The number of halogens is 3. The van der Waals surface area contributed by atoms with Crippen molar-refractivity contribution >= 4 is 17.5 Å². The number of aromatic nitrogens is 1. The van der Waals surface area contributed by atoms with Crippen LogP contribution in [0.3, 0.4) is 0 Å². The maximum Gasteiger partial charge on any atom is 0.270 e. The molecule has 1 aromatic carbocycles. The Morgan fingerprint density at radius 1 is 1.14 bits per heavy atom. The van der Waals surface area contributed by atoms with E-state index in [0.717, 1.165) is 0 Å². The first-order valence-corrected chi connectivity index (χ1v) is 9.45. The summed E-state index contributed by atoms with van der Waals surface area (Å²) in [7, 11) is 0. The minimum Gasteiger partial charge on any atom is -0.348 e. The molecule has 2 unspecified atom stereocenters. The third kappa shape index (κ3) is 3.83. The van der Waals surface area contributed by atoms with E-state index < -0.39 is 47.9 Å². The van der Waals surface area contributed by atoms with Crippen LogP contribution in [-0.2, 0) is 4.79 Å². The number of alkyl halides is 2. The van der Waals surface area contributed by atoms with Crippen LogP contribution in [0.1, 0.15) is 36.2 Å². The topological polar surface area (TPSA) is 62.3 Å². The van der Waals surface area contributed by atoms with Crippen molar-refractivity contribution < 1.29 is 22.8 Å². The molecule has 2 amide bonds. The van der Waals surface area contributed by atoms with Gasteiger partial charge < -0.3 is 10.2 Å². The van der Waals surface area contributed by atoms with Gasteiger partial charge in [0.05, 0.1) is 5.41 Å². The normalized spacial score (nSPS) is 26.0. The fraction of sp³-hybridized carbons (Fsp3) is 0.381. The van der Waals surface area contributed by atoms with Crippen LogP contribution in [0.15, 0.2) is 48.7 Å².